The van der Waals surface area contributed by atoms with Gasteiger partial charge < -0.3 is 5.11 Å². The van der Waals surface area contributed by atoms with E-state index in [1.54, 1.807) is 0 Å². The Balaban J connectivity index is 1.18. The Kier molecular flexibility index (Phi) is 8.98. The second kappa shape index (κ2) is 14.1. The summed E-state index contributed by atoms with van der Waals surface area (Å²) in [5.41, 5.74) is 20.5. The second-order valence-electron chi connectivity index (χ2n) is 19.5. The van der Waals surface area contributed by atoms with Gasteiger partial charge in [0.2, 0.25) is 0 Å². The number of phenols is 1. The van der Waals surface area contributed by atoms with E-state index in [0.29, 0.717) is 0 Å². The molecule has 1 N–H and O–H groups in total. The molecule has 10 rings (SSSR count). The van der Waals surface area contributed by atoms with Crippen LogP contribution < -0.4 is 4.90 Å². The number of aromatic hydroxyl groups is 1. The largest absolute Gasteiger partial charge is 0.507 e. The van der Waals surface area contributed by atoms with Crippen LogP contribution >= 0.6 is 0 Å². The molecular formula is C58H53N3O. The van der Waals surface area contributed by atoms with Gasteiger partial charge >= 0.3 is 0 Å². The van der Waals surface area contributed by atoms with Gasteiger partial charge in [-0.25, -0.2) is 4.98 Å². The summed E-state index contributed by atoms with van der Waals surface area (Å²) in [6.07, 6.45) is 1.92. The highest BCUT2D eigenvalue weighted by Crippen LogP contribution is 2.64. The lowest BCUT2D eigenvalue weighted by Crippen LogP contribution is -2.27. The number of benzene rings is 6. The van der Waals surface area contributed by atoms with Crippen LogP contribution in [0.15, 0.2) is 152 Å². The number of aromatic nitrogens is 2. The number of rotatable bonds is 5. The van der Waals surface area contributed by atoms with E-state index in [0.717, 1.165) is 56.4 Å². The summed E-state index contributed by atoms with van der Waals surface area (Å²) >= 11 is 0. The molecule has 8 aromatic rings. The molecule has 62 heavy (non-hydrogen) atoms. The highest BCUT2D eigenvalue weighted by atomic mass is 16.3. The van der Waals surface area contributed by atoms with Crippen LogP contribution in [0.25, 0.3) is 44.8 Å². The summed E-state index contributed by atoms with van der Waals surface area (Å²) in [5.74, 6) is 0.994. The van der Waals surface area contributed by atoms with E-state index in [1.807, 2.05) is 24.4 Å². The topological polar surface area (TPSA) is 49.2 Å². The van der Waals surface area contributed by atoms with Gasteiger partial charge in [-0.1, -0.05) is 144 Å². The second-order valence-corrected chi connectivity index (χ2v) is 19.5. The third-order valence-corrected chi connectivity index (χ3v) is 13.2. The molecule has 0 aliphatic heterocycles. The summed E-state index contributed by atoms with van der Waals surface area (Å²) in [6.45, 7) is 20.2. The van der Waals surface area contributed by atoms with Crippen molar-refractivity contribution in [2.24, 2.45) is 0 Å². The Labute approximate surface area is 366 Å². The number of fused-ring (bicyclic) bond motifs is 10. The Morgan fingerprint density at radius 1 is 0.516 bits per heavy atom. The average molecular weight is 808 g/mol. The van der Waals surface area contributed by atoms with E-state index in [1.165, 1.54) is 55.6 Å². The number of phenolic OH excluding ortho intramolecular Hbond substituents is 1. The molecule has 0 bridgehead atoms. The van der Waals surface area contributed by atoms with Gasteiger partial charge in [0.25, 0.3) is 0 Å². The predicted octanol–water partition coefficient (Wildman–Crippen LogP) is 14.8. The maximum atomic E-state index is 12.0. The molecule has 2 heterocycles. The number of hydrogen-bond acceptors (Lipinski definition) is 4. The normalized spacial score (nSPS) is 13.4. The van der Waals surface area contributed by atoms with Gasteiger partial charge in [-0.05, 0) is 147 Å². The molecule has 2 aliphatic carbocycles. The van der Waals surface area contributed by atoms with Crippen molar-refractivity contribution in [1.29, 1.82) is 0 Å². The van der Waals surface area contributed by atoms with Crippen molar-refractivity contribution in [2.45, 2.75) is 78.6 Å². The van der Waals surface area contributed by atoms with Crippen LogP contribution in [0.5, 0.6) is 5.75 Å². The van der Waals surface area contributed by atoms with Crippen LogP contribution in [-0.2, 0) is 16.2 Å². The zero-order valence-corrected chi connectivity index (χ0v) is 37.2. The molecule has 0 fully saturated rings. The van der Waals surface area contributed by atoms with E-state index < -0.39 is 5.41 Å². The number of anilines is 3. The first-order valence-corrected chi connectivity index (χ1v) is 21.8. The van der Waals surface area contributed by atoms with Crippen molar-refractivity contribution < 1.29 is 5.11 Å². The summed E-state index contributed by atoms with van der Waals surface area (Å²) in [6, 6.07) is 52.4. The van der Waals surface area contributed by atoms with Crippen LogP contribution in [-0.4, -0.2) is 15.1 Å². The van der Waals surface area contributed by atoms with Crippen molar-refractivity contribution in [2.75, 3.05) is 4.90 Å². The minimum absolute atomic E-state index is 0.0626. The highest BCUT2D eigenvalue weighted by Gasteiger charge is 2.54. The van der Waals surface area contributed by atoms with Gasteiger partial charge in [-0.3, -0.25) is 9.88 Å². The van der Waals surface area contributed by atoms with Crippen LogP contribution in [0, 0.1) is 20.8 Å². The molecule has 2 aromatic heterocycles. The predicted molar refractivity (Wildman–Crippen MR) is 257 cm³/mol. The van der Waals surface area contributed by atoms with Crippen molar-refractivity contribution in [3.63, 3.8) is 0 Å². The van der Waals surface area contributed by atoms with E-state index in [9.17, 15) is 5.11 Å². The molecule has 1 spiro atoms. The number of para-hydroxylation sites is 1. The summed E-state index contributed by atoms with van der Waals surface area (Å²) in [7, 11) is 0. The van der Waals surface area contributed by atoms with E-state index in [2.05, 4.69) is 195 Å². The fourth-order valence-corrected chi connectivity index (χ4v) is 10.3. The number of pyridine rings is 2. The zero-order valence-electron chi connectivity index (χ0n) is 37.2. The molecule has 0 unspecified atom stereocenters. The van der Waals surface area contributed by atoms with Gasteiger partial charge in [0.05, 0.1) is 16.8 Å². The van der Waals surface area contributed by atoms with Gasteiger partial charge in [0, 0.05) is 28.7 Å². The Morgan fingerprint density at radius 2 is 1.15 bits per heavy atom. The molecular weight excluding hydrogens is 755 g/mol. The number of hydrogen-bond donors (Lipinski definition) is 1. The molecule has 0 atom stereocenters. The smallest absolute Gasteiger partial charge is 0.138 e. The minimum atomic E-state index is -0.676. The fourth-order valence-electron chi connectivity index (χ4n) is 10.3. The number of nitrogens with zero attached hydrogens (tertiary/aromatic N) is 3. The van der Waals surface area contributed by atoms with Crippen LogP contribution in [0.1, 0.15) is 91.6 Å². The standard InChI is InChI=1S/C58H53N3O/c1-35-29-36(2)53(37(3)30-35)39-27-28-59-50(32-39)38-15-13-18-43(31-38)61(42-16-11-10-12-17-42)52-26-25-47-55(60-52)54-46(19-14-20-51(54)62)58(47)48-33-40(56(4,5)6)21-23-44(48)45-24-22-41(34-49(45)58)57(7,8)9/h10-34,62H,1-9H3. The fraction of sp³-hybridized carbons (Fsp3) is 0.207. The lowest BCUT2D eigenvalue weighted by atomic mass is 9.69. The number of aryl methyl sites for hydroxylation is 3. The summed E-state index contributed by atoms with van der Waals surface area (Å²) in [4.78, 5) is 12.8. The molecule has 4 nitrogen and oxygen atoms in total. The first-order chi connectivity index (χ1) is 29.6. The monoisotopic (exact) mass is 807 g/mol. The van der Waals surface area contributed by atoms with Crippen LogP contribution in [0.3, 0.4) is 0 Å². The molecule has 6 aromatic carbocycles. The average Bonchev–Trinajstić information content (AvgIpc) is 3.70. The molecule has 4 heteroatoms. The third kappa shape index (κ3) is 6.10. The Hall–Kier alpha value is -6.78. The van der Waals surface area contributed by atoms with Crippen LogP contribution in [0.2, 0.25) is 0 Å². The SMILES string of the molecule is Cc1cc(C)c(-c2ccnc(-c3cccc(N(c4ccccc4)c4ccc5c(n4)-c4c(O)cccc4C54c5cc(C(C)(C)C)ccc5-c5ccc(C(C)(C)C)cc54)c3)c2)c(C)c1. The first kappa shape index (κ1) is 39.4. The van der Waals surface area contributed by atoms with E-state index >= 15 is 0 Å². The van der Waals surface area contributed by atoms with E-state index in [-0.39, 0.29) is 16.6 Å². The first-order valence-electron chi connectivity index (χ1n) is 21.8. The Bertz CT molecular complexity index is 3000. The van der Waals surface area contributed by atoms with Crippen molar-refractivity contribution in [3.05, 3.63) is 202 Å². The molecule has 0 radical (unpaired) electrons. The molecule has 0 saturated carbocycles. The van der Waals surface area contributed by atoms with Crippen molar-refractivity contribution >= 4 is 17.2 Å². The van der Waals surface area contributed by atoms with Gasteiger partial charge in [0.1, 0.15) is 11.6 Å². The molecule has 0 saturated heterocycles. The highest BCUT2D eigenvalue weighted by molar-refractivity contribution is 5.96. The summed E-state index contributed by atoms with van der Waals surface area (Å²) < 4.78 is 0. The zero-order chi connectivity index (χ0) is 43.3. The van der Waals surface area contributed by atoms with Crippen LogP contribution in [0.4, 0.5) is 17.2 Å². The molecule has 0 amide bonds. The van der Waals surface area contributed by atoms with Gasteiger partial charge in [-0.2, -0.15) is 0 Å². The Morgan fingerprint density at radius 3 is 1.79 bits per heavy atom. The minimum Gasteiger partial charge on any atom is -0.507 e. The lowest BCUT2D eigenvalue weighted by Gasteiger charge is -2.33. The maximum Gasteiger partial charge on any atom is 0.138 e. The maximum absolute atomic E-state index is 12.0. The van der Waals surface area contributed by atoms with Crippen molar-refractivity contribution in [3.8, 4) is 50.5 Å². The third-order valence-electron chi connectivity index (χ3n) is 13.2. The molecule has 2 aliphatic rings. The summed E-state index contributed by atoms with van der Waals surface area (Å²) in [5, 5.41) is 12.0. The van der Waals surface area contributed by atoms with Crippen molar-refractivity contribution in [1.82, 2.24) is 9.97 Å². The van der Waals surface area contributed by atoms with E-state index in [4.69, 9.17) is 9.97 Å². The van der Waals surface area contributed by atoms with Gasteiger partial charge in [-0.15, -0.1) is 0 Å². The molecule has 306 valence electrons. The van der Waals surface area contributed by atoms with Gasteiger partial charge in [0.15, 0.2) is 0 Å². The quantitative estimate of drug-likeness (QED) is 0.188. The lowest BCUT2D eigenvalue weighted by molar-refractivity contribution is 0.476.